The number of rotatable bonds is 7. The van der Waals surface area contributed by atoms with Gasteiger partial charge in [-0.2, -0.15) is 5.10 Å². The molecule has 2 aromatic rings. The van der Waals surface area contributed by atoms with Crippen molar-refractivity contribution in [3.8, 4) is 0 Å². The third-order valence-electron chi connectivity index (χ3n) is 3.28. The van der Waals surface area contributed by atoms with Crippen molar-refractivity contribution in [2.75, 3.05) is 5.75 Å². The van der Waals surface area contributed by atoms with Crippen LogP contribution in [-0.4, -0.2) is 21.6 Å². The van der Waals surface area contributed by atoms with Gasteiger partial charge in [-0.25, -0.2) is 0 Å². The van der Waals surface area contributed by atoms with Crippen LogP contribution in [0.4, 0.5) is 0 Å². The number of hydrazine groups is 1. The van der Waals surface area contributed by atoms with Crippen molar-refractivity contribution >= 4 is 11.8 Å². The van der Waals surface area contributed by atoms with Crippen LogP contribution in [0.1, 0.15) is 18.3 Å². The van der Waals surface area contributed by atoms with Crippen molar-refractivity contribution in [1.29, 1.82) is 0 Å². The Balaban J connectivity index is 1.93. The predicted molar refractivity (Wildman–Crippen MR) is 84.6 cm³/mol. The number of hydrogen-bond acceptors (Lipinski definition) is 4. The normalized spacial score (nSPS) is 12.6. The van der Waals surface area contributed by atoms with Crippen LogP contribution >= 0.6 is 11.8 Å². The van der Waals surface area contributed by atoms with E-state index in [4.69, 9.17) is 5.84 Å². The summed E-state index contributed by atoms with van der Waals surface area (Å²) in [7, 11) is 1.99. The number of nitrogens with one attached hydrogen (secondary N) is 1. The van der Waals surface area contributed by atoms with E-state index in [0.29, 0.717) is 0 Å². The number of nitrogens with zero attached hydrogens (tertiary/aromatic N) is 2. The molecule has 0 aliphatic heterocycles. The van der Waals surface area contributed by atoms with E-state index < -0.39 is 0 Å². The molecule has 1 atom stereocenters. The highest BCUT2D eigenvalue weighted by Gasteiger charge is 2.12. The molecule has 20 heavy (non-hydrogen) atoms. The third-order valence-corrected chi connectivity index (χ3v) is 4.45. The van der Waals surface area contributed by atoms with Gasteiger partial charge in [-0.05, 0) is 24.6 Å². The van der Waals surface area contributed by atoms with Gasteiger partial charge in [0.2, 0.25) is 0 Å². The Morgan fingerprint density at radius 1 is 1.35 bits per heavy atom. The third kappa shape index (κ3) is 4.10. The first-order valence-electron chi connectivity index (χ1n) is 6.88. The average molecular weight is 290 g/mol. The average Bonchev–Trinajstić information content (AvgIpc) is 2.84. The molecule has 3 N–H and O–H groups in total. The van der Waals surface area contributed by atoms with Gasteiger partial charge in [-0.3, -0.25) is 16.0 Å². The molecule has 0 spiro atoms. The molecule has 1 unspecified atom stereocenters. The zero-order valence-corrected chi connectivity index (χ0v) is 12.9. The van der Waals surface area contributed by atoms with Crippen LogP contribution in [0.25, 0.3) is 0 Å². The molecule has 0 amide bonds. The van der Waals surface area contributed by atoms with Crippen LogP contribution in [0.15, 0.2) is 41.3 Å². The summed E-state index contributed by atoms with van der Waals surface area (Å²) in [6.07, 6.45) is 1.85. The fourth-order valence-corrected chi connectivity index (χ4v) is 3.02. The minimum atomic E-state index is 0.236. The highest BCUT2D eigenvalue weighted by Crippen LogP contribution is 2.19. The molecule has 0 saturated heterocycles. The Labute approximate surface area is 124 Å². The van der Waals surface area contributed by atoms with E-state index in [1.54, 1.807) is 0 Å². The predicted octanol–water partition coefficient (Wildman–Crippen LogP) is 2.15. The zero-order valence-electron chi connectivity index (χ0n) is 12.0. The topological polar surface area (TPSA) is 55.9 Å². The summed E-state index contributed by atoms with van der Waals surface area (Å²) in [5, 5.41) is 4.48. The van der Waals surface area contributed by atoms with Gasteiger partial charge in [0, 0.05) is 35.9 Å². The van der Waals surface area contributed by atoms with E-state index in [0.717, 1.165) is 24.3 Å². The van der Waals surface area contributed by atoms with Crippen molar-refractivity contribution in [3.63, 3.8) is 0 Å². The summed E-state index contributed by atoms with van der Waals surface area (Å²) < 4.78 is 1.95. The van der Waals surface area contributed by atoms with E-state index in [9.17, 15) is 0 Å². The van der Waals surface area contributed by atoms with Crippen molar-refractivity contribution in [3.05, 3.63) is 47.8 Å². The van der Waals surface area contributed by atoms with Crippen molar-refractivity contribution in [2.45, 2.75) is 30.7 Å². The maximum atomic E-state index is 5.68. The summed E-state index contributed by atoms with van der Waals surface area (Å²) in [6, 6.07) is 12.8. The maximum absolute atomic E-state index is 5.68. The molecule has 0 radical (unpaired) electrons. The highest BCUT2D eigenvalue weighted by atomic mass is 32.2. The van der Waals surface area contributed by atoms with Gasteiger partial charge in [0.25, 0.3) is 0 Å². The number of aromatic nitrogens is 2. The number of benzene rings is 1. The van der Waals surface area contributed by atoms with E-state index in [1.165, 1.54) is 10.6 Å². The number of thioether (sulfide) groups is 1. The minimum absolute atomic E-state index is 0.236. The van der Waals surface area contributed by atoms with Crippen LogP contribution in [-0.2, 0) is 19.9 Å². The van der Waals surface area contributed by atoms with Gasteiger partial charge >= 0.3 is 0 Å². The van der Waals surface area contributed by atoms with Crippen molar-refractivity contribution in [2.24, 2.45) is 12.9 Å². The SMILES string of the molecule is CCc1cc(CC(CSc2ccccc2)NN)n(C)n1. The maximum Gasteiger partial charge on any atom is 0.0624 e. The Bertz CT molecular complexity index is 524. The van der Waals surface area contributed by atoms with Crippen LogP contribution in [0.5, 0.6) is 0 Å². The first-order valence-corrected chi connectivity index (χ1v) is 7.87. The first kappa shape index (κ1) is 15.1. The van der Waals surface area contributed by atoms with Crippen LogP contribution < -0.4 is 11.3 Å². The molecule has 0 saturated carbocycles. The lowest BCUT2D eigenvalue weighted by atomic mass is 10.2. The second kappa shape index (κ2) is 7.47. The van der Waals surface area contributed by atoms with Gasteiger partial charge in [0.15, 0.2) is 0 Å². The number of hydrogen-bond donors (Lipinski definition) is 2. The molecule has 4 nitrogen and oxygen atoms in total. The molecule has 1 heterocycles. The quantitative estimate of drug-likeness (QED) is 0.466. The molecule has 108 valence electrons. The highest BCUT2D eigenvalue weighted by molar-refractivity contribution is 7.99. The van der Waals surface area contributed by atoms with Gasteiger partial charge in [-0.15, -0.1) is 11.8 Å². The molecule has 0 aliphatic carbocycles. The molecule has 0 aliphatic rings. The van der Waals surface area contributed by atoms with Crippen LogP contribution in [0.2, 0.25) is 0 Å². The summed E-state index contributed by atoms with van der Waals surface area (Å²) >= 11 is 1.82. The molecular weight excluding hydrogens is 268 g/mol. The number of nitrogens with two attached hydrogens (primary N) is 1. The molecule has 0 bridgehead atoms. The second-order valence-electron chi connectivity index (χ2n) is 4.80. The van der Waals surface area contributed by atoms with E-state index >= 15 is 0 Å². The van der Waals surface area contributed by atoms with Gasteiger partial charge < -0.3 is 0 Å². The summed E-state index contributed by atoms with van der Waals surface area (Å²) in [5.41, 5.74) is 5.27. The lowest BCUT2D eigenvalue weighted by Gasteiger charge is -2.15. The fraction of sp³-hybridized carbons (Fsp3) is 0.400. The summed E-state index contributed by atoms with van der Waals surface area (Å²) in [4.78, 5) is 1.27. The second-order valence-corrected chi connectivity index (χ2v) is 5.89. The van der Waals surface area contributed by atoms with Gasteiger partial charge in [0.05, 0.1) is 5.69 Å². The van der Waals surface area contributed by atoms with Crippen molar-refractivity contribution in [1.82, 2.24) is 15.2 Å². The Morgan fingerprint density at radius 2 is 2.10 bits per heavy atom. The molecule has 2 rings (SSSR count). The van der Waals surface area contributed by atoms with E-state index in [-0.39, 0.29) is 6.04 Å². The Kier molecular flexibility index (Phi) is 5.64. The van der Waals surface area contributed by atoms with Crippen molar-refractivity contribution < 1.29 is 0 Å². The minimum Gasteiger partial charge on any atom is -0.272 e. The number of aryl methyl sites for hydroxylation is 2. The zero-order chi connectivity index (χ0) is 14.4. The standard InChI is InChI=1S/C15H22N4S/c1-3-12-9-14(19(2)18-12)10-13(17-16)11-20-15-7-5-4-6-8-15/h4-9,13,17H,3,10-11,16H2,1-2H3. The molecule has 1 aromatic carbocycles. The summed E-state index contributed by atoms with van der Waals surface area (Å²) in [5.74, 6) is 6.62. The lowest BCUT2D eigenvalue weighted by molar-refractivity contribution is 0.550. The summed E-state index contributed by atoms with van der Waals surface area (Å²) in [6.45, 7) is 2.12. The van der Waals surface area contributed by atoms with Gasteiger partial charge in [-0.1, -0.05) is 25.1 Å². The molecule has 0 fully saturated rings. The lowest BCUT2D eigenvalue weighted by Crippen LogP contribution is -2.39. The smallest absolute Gasteiger partial charge is 0.0624 e. The molecular formula is C15H22N4S. The van der Waals surface area contributed by atoms with Gasteiger partial charge in [0.1, 0.15) is 0 Å². The largest absolute Gasteiger partial charge is 0.272 e. The monoisotopic (exact) mass is 290 g/mol. The molecule has 1 aromatic heterocycles. The van der Waals surface area contributed by atoms with Crippen LogP contribution in [0.3, 0.4) is 0 Å². The Morgan fingerprint density at radius 3 is 2.70 bits per heavy atom. The Hall–Kier alpha value is -1.30. The molecule has 5 heteroatoms. The first-order chi connectivity index (χ1) is 9.72. The fourth-order valence-electron chi connectivity index (χ4n) is 2.07. The van der Waals surface area contributed by atoms with E-state index in [1.807, 2.05) is 29.6 Å². The van der Waals surface area contributed by atoms with E-state index in [2.05, 4.69) is 47.8 Å². The van der Waals surface area contributed by atoms with Crippen LogP contribution in [0, 0.1) is 0 Å².